The molecule has 1 heterocycles. The van der Waals surface area contributed by atoms with Gasteiger partial charge in [0, 0.05) is 44.0 Å². The van der Waals surface area contributed by atoms with Crippen molar-refractivity contribution in [3.63, 3.8) is 0 Å². The van der Waals surface area contributed by atoms with Crippen molar-refractivity contribution in [2.24, 2.45) is 4.99 Å². The fourth-order valence-corrected chi connectivity index (χ4v) is 3.92. The molecule has 0 spiro atoms. The molecule has 0 amide bonds. The second-order valence-electron chi connectivity index (χ2n) is 7.08. The number of hydrogen-bond donors (Lipinski definition) is 2. The Balaban J connectivity index is 1.92. The van der Waals surface area contributed by atoms with Crippen molar-refractivity contribution < 1.29 is 17.9 Å². The standard InChI is InChI=1S/C20H34N4O4S/c1-5-21-20(22-8-10-29(25,26)6-2)23-17-7-9-24(15-17)14-16-11-18(27-3)13-19(12-16)28-4/h11-13,17H,5-10,14-15H2,1-4H3,(H2,21,22,23). The Bertz CT molecular complexity index is 760. The number of nitrogens with one attached hydrogen (secondary N) is 2. The van der Waals surface area contributed by atoms with Crippen LogP contribution in [0.5, 0.6) is 11.5 Å². The summed E-state index contributed by atoms with van der Waals surface area (Å²) in [6.07, 6.45) is 0.999. The number of aliphatic imine (C=N–C) groups is 1. The fourth-order valence-electron chi connectivity index (χ4n) is 3.26. The molecule has 0 aromatic heterocycles. The van der Waals surface area contributed by atoms with E-state index in [0.29, 0.717) is 5.96 Å². The molecule has 29 heavy (non-hydrogen) atoms. The van der Waals surface area contributed by atoms with Gasteiger partial charge in [0.15, 0.2) is 15.8 Å². The lowest BCUT2D eigenvalue weighted by molar-refractivity contribution is 0.321. The summed E-state index contributed by atoms with van der Waals surface area (Å²) in [6, 6.07) is 6.20. The van der Waals surface area contributed by atoms with Gasteiger partial charge in [0.1, 0.15) is 11.5 Å². The number of rotatable bonds is 10. The van der Waals surface area contributed by atoms with Gasteiger partial charge in [-0.05, 0) is 31.0 Å². The summed E-state index contributed by atoms with van der Waals surface area (Å²) in [5, 5.41) is 6.64. The summed E-state index contributed by atoms with van der Waals surface area (Å²) in [6.45, 7) is 7.33. The van der Waals surface area contributed by atoms with Gasteiger partial charge in [-0.15, -0.1) is 0 Å². The predicted octanol–water partition coefficient (Wildman–Crippen LogP) is 1.27. The van der Waals surface area contributed by atoms with Crippen LogP contribution in [-0.4, -0.2) is 77.2 Å². The van der Waals surface area contributed by atoms with E-state index in [-0.39, 0.29) is 24.1 Å². The molecule has 0 aliphatic carbocycles. The van der Waals surface area contributed by atoms with Crippen molar-refractivity contribution in [3.05, 3.63) is 23.8 Å². The van der Waals surface area contributed by atoms with Crippen LogP contribution in [0.1, 0.15) is 25.8 Å². The summed E-state index contributed by atoms with van der Waals surface area (Å²) in [4.78, 5) is 6.80. The lowest BCUT2D eigenvalue weighted by Crippen LogP contribution is -2.44. The van der Waals surface area contributed by atoms with Gasteiger partial charge >= 0.3 is 0 Å². The first-order valence-electron chi connectivity index (χ1n) is 10.1. The van der Waals surface area contributed by atoms with E-state index in [1.54, 1.807) is 21.1 Å². The van der Waals surface area contributed by atoms with Crippen molar-refractivity contribution >= 4 is 15.8 Å². The topological polar surface area (TPSA) is 92.3 Å². The zero-order valence-electron chi connectivity index (χ0n) is 17.9. The summed E-state index contributed by atoms with van der Waals surface area (Å²) >= 11 is 0. The minimum Gasteiger partial charge on any atom is -0.497 e. The monoisotopic (exact) mass is 426 g/mol. The summed E-state index contributed by atoms with van der Waals surface area (Å²) in [5.74, 6) is 2.48. The maximum atomic E-state index is 11.7. The van der Waals surface area contributed by atoms with Crippen molar-refractivity contribution in [1.82, 2.24) is 15.5 Å². The quantitative estimate of drug-likeness (QED) is 0.430. The summed E-state index contributed by atoms with van der Waals surface area (Å²) in [5.41, 5.74) is 1.15. The lowest BCUT2D eigenvalue weighted by Gasteiger charge is -2.19. The number of likely N-dealkylation sites (tertiary alicyclic amines) is 1. The molecular weight excluding hydrogens is 392 g/mol. The van der Waals surface area contributed by atoms with E-state index in [9.17, 15) is 8.42 Å². The van der Waals surface area contributed by atoms with E-state index >= 15 is 0 Å². The smallest absolute Gasteiger partial charge is 0.191 e. The predicted molar refractivity (Wildman–Crippen MR) is 117 cm³/mol. The highest BCUT2D eigenvalue weighted by molar-refractivity contribution is 7.91. The largest absolute Gasteiger partial charge is 0.497 e. The Hall–Kier alpha value is -2.00. The van der Waals surface area contributed by atoms with Crippen LogP contribution < -0.4 is 20.1 Å². The van der Waals surface area contributed by atoms with Gasteiger partial charge in [0.2, 0.25) is 0 Å². The van der Waals surface area contributed by atoms with Crippen molar-refractivity contribution in [2.75, 3.05) is 51.9 Å². The van der Waals surface area contributed by atoms with E-state index in [0.717, 1.165) is 49.7 Å². The van der Waals surface area contributed by atoms with E-state index in [2.05, 4.69) is 20.5 Å². The third-order valence-electron chi connectivity index (χ3n) is 4.89. The molecule has 0 radical (unpaired) electrons. The molecule has 1 saturated heterocycles. The zero-order chi connectivity index (χ0) is 21.3. The van der Waals surface area contributed by atoms with Gasteiger partial charge in [0.05, 0.1) is 26.5 Å². The third-order valence-corrected chi connectivity index (χ3v) is 6.57. The molecule has 1 aromatic carbocycles. The van der Waals surface area contributed by atoms with E-state index < -0.39 is 9.84 Å². The number of hydrogen-bond acceptors (Lipinski definition) is 6. The van der Waals surface area contributed by atoms with E-state index in [1.165, 1.54) is 0 Å². The maximum Gasteiger partial charge on any atom is 0.191 e. The Morgan fingerprint density at radius 3 is 2.48 bits per heavy atom. The first kappa shape index (κ1) is 23.3. The molecular formula is C20H34N4O4S. The Labute approximate surface area is 174 Å². The number of ether oxygens (including phenoxy) is 2. The lowest BCUT2D eigenvalue weighted by atomic mass is 10.2. The Morgan fingerprint density at radius 2 is 1.90 bits per heavy atom. The number of guanidine groups is 1. The molecule has 9 heteroatoms. The molecule has 1 aliphatic heterocycles. The minimum absolute atomic E-state index is 0.0779. The Morgan fingerprint density at radius 1 is 1.21 bits per heavy atom. The molecule has 2 rings (SSSR count). The number of benzene rings is 1. The van der Waals surface area contributed by atoms with Gasteiger partial charge in [-0.3, -0.25) is 9.89 Å². The molecule has 1 atom stereocenters. The Kier molecular flexibility index (Phi) is 9.03. The van der Waals surface area contributed by atoms with Gasteiger partial charge in [-0.1, -0.05) is 6.92 Å². The minimum atomic E-state index is -3.00. The fraction of sp³-hybridized carbons (Fsp3) is 0.650. The van der Waals surface area contributed by atoms with E-state index in [4.69, 9.17) is 9.47 Å². The van der Waals surface area contributed by atoms with Gasteiger partial charge in [-0.25, -0.2) is 8.42 Å². The molecule has 1 unspecified atom stereocenters. The van der Waals surface area contributed by atoms with Crippen LogP contribution in [0.4, 0.5) is 0 Å². The normalized spacial score (nSPS) is 17.9. The number of methoxy groups -OCH3 is 2. The second-order valence-corrected chi connectivity index (χ2v) is 9.56. The summed E-state index contributed by atoms with van der Waals surface area (Å²) < 4.78 is 34.0. The average molecular weight is 427 g/mol. The number of sulfone groups is 1. The summed E-state index contributed by atoms with van der Waals surface area (Å²) in [7, 11) is 0.305. The molecule has 1 aliphatic rings. The third kappa shape index (κ3) is 7.74. The molecule has 2 N–H and O–H groups in total. The highest BCUT2D eigenvalue weighted by atomic mass is 32.2. The SMILES string of the molecule is CCNC(=NCCS(=O)(=O)CC)NC1CCN(Cc2cc(OC)cc(OC)c2)C1. The highest BCUT2D eigenvalue weighted by Gasteiger charge is 2.23. The molecule has 1 aromatic rings. The van der Waals surface area contributed by atoms with Crippen LogP contribution in [-0.2, 0) is 16.4 Å². The number of nitrogens with zero attached hydrogens (tertiary/aromatic N) is 2. The van der Waals surface area contributed by atoms with Crippen LogP contribution in [0.25, 0.3) is 0 Å². The van der Waals surface area contributed by atoms with Crippen molar-refractivity contribution in [3.8, 4) is 11.5 Å². The molecule has 164 valence electrons. The second kappa shape index (κ2) is 11.3. The van der Waals surface area contributed by atoms with Gasteiger partial charge in [-0.2, -0.15) is 0 Å². The van der Waals surface area contributed by atoms with Crippen LogP contribution in [0.3, 0.4) is 0 Å². The van der Waals surface area contributed by atoms with Crippen LogP contribution in [0, 0.1) is 0 Å². The van der Waals surface area contributed by atoms with Crippen LogP contribution >= 0.6 is 0 Å². The average Bonchev–Trinajstić information content (AvgIpc) is 3.14. The molecule has 1 fully saturated rings. The first-order chi connectivity index (χ1) is 13.9. The maximum absolute atomic E-state index is 11.7. The van der Waals surface area contributed by atoms with Crippen LogP contribution in [0.15, 0.2) is 23.2 Å². The zero-order valence-corrected chi connectivity index (χ0v) is 18.7. The first-order valence-corrected chi connectivity index (χ1v) is 11.9. The van der Waals surface area contributed by atoms with Crippen molar-refractivity contribution in [1.29, 1.82) is 0 Å². The van der Waals surface area contributed by atoms with Crippen molar-refractivity contribution in [2.45, 2.75) is 32.9 Å². The van der Waals surface area contributed by atoms with E-state index in [1.807, 2.05) is 25.1 Å². The van der Waals surface area contributed by atoms with Gasteiger partial charge < -0.3 is 20.1 Å². The highest BCUT2D eigenvalue weighted by Crippen LogP contribution is 2.24. The molecule has 8 nitrogen and oxygen atoms in total. The molecule has 0 saturated carbocycles. The van der Waals surface area contributed by atoms with Crippen LogP contribution in [0.2, 0.25) is 0 Å². The van der Waals surface area contributed by atoms with Gasteiger partial charge in [0.25, 0.3) is 0 Å². The molecule has 0 bridgehead atoms.